The van der Waals surface area contributed by atoms with E-state index in [2.05, 4.69) is 0 Å². The highest BCUT2D eigenvalue weighted by atomic mass is 16.5. The van der Waals surface area contributed by atoms with E-state index in [1.807, 2.05) is 42.1 Å². The van der Waals surface area contributed by atoms with Gasteiger partial charge in [-0.3, -0.25) is 9.59 Å². The number of hydrogen-bond donors (Lipinski definition) is 1. The molecule has 2 aliphatic heterocycles. The highest BCUT2D eigenvalue weighted by Crippen LogP contribution is 2.42. The lowest BCUT2D eigenvalue weighted by Crippen LogP contribution is -2.45. The van der Waals surface area contributed by atoms with Crippen molar-refractivity contribution in [1.82, 2.24) is 9.47 Å². The van der Waals surface area contributed by atoms with Crippen molar-refractivity contribution in [1.29, 1.82) is 0 Å². The molecule has 0 unspecified atom stereocenters. The summed E-state index contributed by atoms with van der Waals surface area (Å²) in [5, 5.41) is 10.8. The number of para-hydroxylation sites is 1. The molecule has 2 saturated heterocycles. The minimum atomic E-state index is -0.841. The molecule has 0 saturated carbocycles. The van der Waals surface area contributed by atoms with Crippen molar-refractivity contribution >= 4 is 22.8 Å². The Kier molecular flexibility index (Phi) is 3.80. The molecular formula is C19H22N2O4. The number of ether oxygens (including phenoxy) is 1. The predicted octanol–water partition coefficient (Wildman–Crippen LogP) is 1.67. The topological polar surface area (TPSA) is 71.8 Å². The fourth-order valence-corrected chi connectivity index (χ4v) is 4.33. The zero-order valence-corrected chi connectivity index (χ0v) is 14.3. The monoisotopic (exact) mass is 342 g/mol. The molecule has 2 aliphatic rings. The number of fused-ring (bicyclic) bond motifs is 2. The third kappa shape index (κ3) is 2.52. The number of carboxylic acids is 1. The first kappa shape index (κ1) is 16.1. The number of likely N-dealkylation sites (tertiary alicyclic amines) is 1. The Morgan fingerprint density at radius 1 is 1.36 bits per heavy atom. The van der Waals surface area contributed by atoms with Crippen LogP contribution in [-0.2, 0) is 27.8 Å². The molecule has 0 spiro atoms. The van der Waals surface area contributed by atoms with Gasteiger partial charge in [-0.05, 0) is 18.1 Å². The number of aryl methyl sites for hydroxylation is 1. The van der Waals surface area contributed by atoms with Gasteiger partial charge in [-0.25, -0.2) is 0 Å². The molecule has 1 N–H and O–H groups in total. The summed E-state index contributed by atoms with van der Waals surface area (Å²) in [4.78, 5) is 26.4. The van der Waals surface area contributed by atoms with Crippen molar-refractivity contribution < 1.29 is 19.4 Å². The van der Waals surface area contributed by atoms with Crippen molar-refractivity contribution in [2.24, 2.45) is 18.4 Å². The molecular weight excluding hydrogens is 320 g/mol. The van der Waals surface area contributed by atoms with Crippen LogP contribution in [0.2, 0.25) is 0 Å². The van der Waals surface area contributed by atoms with Gasteiger partial charge in [-0.2, -0.15) is 0 Å². The Balaban J connectivity index is 1.56. The first-order valence-corrected chi connectivity index (χ1v) is 8.63. The molecule has 132 valence electrons. The highest BCUT2D eigenvalue weighted by Gasteiger charge is 2.54. The minimum absolute atomic E-state index is 0.00798. The highest BCUT2D eigenvalue weighted by molar-refractivity contribution is 5.90. The van der Waals surface area contributed by atoms with Crippen LogP contribution in [0, 0.1) is 11.3 Å². The second-order valence-electron chi connectivity index (χ2n) is 7.22. The van der Waals surface area contributed by atoms with Crippen LogP contribution in [0.25, 0.3) is 10.9 Å². The molecule has 4 rings (SSSR count). The zero-order valence-electron chi connectivity index (χ0n) is 14.3. The van der Waals surface area contributed by atoms with Gasteiger partial charge in [0.2, 0.25) is 5.91 Å². The number of rotatable bonds is 3. The number of carbonyl (C=O) groups is 2. The van der Waals surface area contributed by atoms with Gasteiger partial charge in [-0.1, -0.05) is 18.2 Å². The normalized spacial score (nSPS) is 26.0. The Bertz CT molecular complexity index is 843. The lowest BCUT2D eigenvalue weighted by molar-refractivity contribution is -0.157. The van der Waals surface area contributed by atoms with Crippen molar-refractivity contribution in [2.45, 2.75) is 12.8 Å². The molecule has 3 heterocycles. The third-order valence-electron chi connectivity index (χ3n) is 5.81. The average Bonchev–Trinajstić information content (AvgIpc) is 3.15. The molecule has 1 amide bonds. The predicted molar refractivity (Wildman–Crippen MR) is 92.2 cm³/mol. The first-order chi connectivity index (χ1) is 12.0. The zero-order chi connectivity index (χ0) is 17.6. The summed E-state index contributed by atoms with van der Waals surface area (Å²) in [6.07, 6.45) is 2.76. The van der Waals surface area contributed by atoms with Gasteiger partial charge in [0, 0.05) is 49.8 Å². The Labute approximate surface area is 146 Å². The summed E-state index contributed by atoms with van der Waals surface area (Å²) in [6.45, 7) is 1.63. The van der Waals surface area contributed by atoms with Crippen LogP contribution >= 0.6 is 0 Å². The SMILES string of the molecule is Cn1cc(CC(=O)N2C[C@@H]3COCC[C@]3(C(=O)O)C2)c2ccccc21. The van der Waals surface area contributed by atoms with Gasteiger partial charge in [0.05, 0.1) is 18.4 Å². The fourth-order valence-electron chi connectivity index (χ4n) is 4.33. The maximum Gasteiger partial charge on any atom is 0.311 e. The van der Waals surface area contributed by atoms with E-state index in [9.17, 15) is 14.7 Å². The van der Waals surface area contributed by atoms with E-state index in [0.717, 1.165) is 16.5 Å². The number of hydrogen-bond acceptors (Lipinski definition) is 3. The Morgan fingerprint density at radius 2 is 2.16 bits per heavy atom. The second kappa shape index (κ2) is 5.88. The molecule has 2 atom stereocenters. The largest absolute Gasteiger partial charge is 0.481 e. The van der Waals surface area contributed by atoms with E-state index in [4.69, 9.17) is 4.74 Å². The van der Waals surface area contributed by atoms with Gasteiger partial charge in [-0.15, -0.1) is 0 Å². The molecule has 0 radical (unpaired) electrons. The van der Waals surface area contributed by atoms with Gasteiger partial charge in [0.15, 0.2) is 0 Å². The van der Waals surface area contributed by atoms with Crippen molar-refractivity contribution in [3.05, 3.63) is 36.0 Å². The smallest absolute Gasteiger partial charge is 0.311 e. The Hall–Kier alpha value is -2.34. The fraction of sp³-hybridized carbons (Fsp3) is 0.474. The van der Waals surface area contributed by atoms with Gasteiger partial charge < -0.3 is 19.3 Å². The second-order valence-corrected chi connectivity index (χ2v) is 7.22. The summed E-state index contributed by atoms with van der Waals surface area (Å²) in [5.41, 5.74) is 1.24. The molecule has 0 aliphatic carbocycles. The van der Waals surface area contributed by atoms with E-state index in [0.29, 0.717) is 39.1 Å². The summed E-state index contributed by atoms with van der Waals surface area (Å²) in [7, 11) is 1.97. The number of amides is 1. The van der Waals surface area contributed by atoms with Gasteiger partial charge in [0.25, 0.3) is 0 Å². The van der Waals surface area contributed by atoms with Crippen LogP contribution in [0.1, 0.15) is 12.0 Å². The number of aliphatic carboxylic acids is 1. The molecule has 6 heteroatoms. The van der Waals surface area contributed by atoms with E-state index in [-0.39, 0.29) is 11.8 Å². The van der Waals surface area contributed by atoms with Crippen LogP contribution in [0.5, 0.6) is 0 Å². The molecule has 1 aromatic carbocycles. The molecule has 2 aromatic rings. The first-order valence-electron chi connectivity index (χ1n) is 8.63. The molecule has 25 heavy (non-hydrogen) atoms. The number of carbonyl (C=O) groups excluding carboxylic acids is 1. The van der Waals surface area contributed by atoms with E-state index in [1.165, 1.54) is 0 Å². The summed E-state index contributed by atoms with van der Waals surface area (Å²) in [6, 6.07) is 8.01. The van der Waals surface area contributed by atoms with Gasteiger partial charge in [0.1, 0.15) is 0 Å². The number of aromatic nitrogens is 1. The Morgan fingerprint density at radius 3 is 2.92 bits per heavy atom. The van der Waals surface area contributed by atoms with Crippen LogP contribution in [0.3, 0.4) is 0 Å². The van der Waals surface area contributed by atoms with Crippen LogP contribution in [-0.4, -0.2) is 52.8 Å². The van der Waals surface area contributed by atoms with Crippen molar-refractivity contribution in [3.63, 3.8) is 0 Å². The van der Waals surface area contributed by atoms with E-state index < -0.39 is 11.4 Å². The third-order valence-corrected chi connectivity index (χ3v) is 5.81. The quantitative estimate of drug-likeness (QED) is 0.921. The summed E-state index contributed by atoms with van der Waals surface area (Å²) in [5.74, 6) is -0.928. The van der Waals surface area contributed by atoms with Crippen molar-refractivity contribution in [2.75, 3.05) is 26.3 Å². The average molecular weight is 342 g/mol. The summed E-state index contributed by atoms with van der Waals surface area (Å²) >= 11 is 0. The molecule has 1 aromatic heterocycles. The maximum absolute atomic E-state index is 12.9. The van der Waals surface area contributed by atoms with Crippen LogP contribution in [0.4, 0.5) is 0 Å². The number of carboxylic acid groups (broad SMARTS) is 1. The number of nitrogens with zero attached hydrogens (tertiary/aromatic N) is 2. The van der Waals surface area contributed by atoms with Gasteiger partial charge >= 0.3 is 5.97 Å². The van der Waals surface area contributed by atoms with Crippen LogP contribution < -0.4 is 0 Å². The molecule has 0 bridgehead atoms. The maximum atomic E-state index is 12.9. The van der Waals surface area contributed by atoms with E-state index in [1.54, 1.807) is 4.90 Å². The number of benzene rings is 1. The summed E-state index contributed by atoms with van der Waals surface area (Å²) < 4.78 is 7.48. The van der Waals surface area contributed by atoms with Crippen molar-refractivity contribution in [3.8, 4) is 0 Å². The standard InChI is InChI=1S/C19H22N2O4/c1-20-9-13(15-4-2-3-5-16(15)20)8-17(22)21-10-14-11-25-7-6-19(14,12-21)18(23)24/h2-5,9,14H,6-8,10-12H2,1H3,(H,23,24)/t14-,19+/m1/s1. The minimum Gasteiger partial charge on any atom is -0.481 e. The lowest BCUT2D eigenvalue weighted by atomic mass is 9.74. The van der Waals surface area contributed by atoms with E-state index >= 15 is 0 Å². The lowest BCUT2D eigenvalue weighted by Gasteiger charge is -2.33. The van der Waals surface area contributed by atoms with Crippen LogP contribution in [0.15, 0.2) is 30.5 Å². The molecule has 2 fully saturated rings. The molecule has 6 nitrogen and oxygen atoms in total.